The zero-order valence-electron chi connectivity index (χ0n) is 25.1. The standard InChI is InChI=1S/C39H37ClN2O2/c1-3-12-29-17-11-18-37(36(29)4-2)32-21-33(40)23-34-24-35(22-32)44-20-19-38(43)42(34)27-28-25-41(26-28)39(30-13-7-5-8-14-30)31-15-9-6-10-16-31/h3-18,22-23,28,39H,2,19-20,24-27H2,1H3/b12-3-,34-23+,35-22?. The summed E-state index contributed by atoms with van der Waals surface area (Å²) in [4.78, 5) is 17.9. The van der Waals surface area contributed by atoms with Crippen LogP contribution in [0.25, 0.3) is 17.7 Å². The number of amides is 1. The SMILES string of the molecule is C=Cc1c(/C=C\C)cccc1C1=C=C(Cl)/C=C2\CC(=C1)OCCC(=O)N2CC1CN(C(c2ccccc2)c2ccccc2)C1. The molecule has 0 unspecified atom stereocenters. The van der Waals surface area contributed by atoms with Crippen molar-refractivity contribution in [1.82, 2.24) is 9.80 Å². The van der Waals surface area contributed by atoms with Crippen LogP contribution >= 0.6 is 11.6 Å². The van der Waals surface area contributed by atoms with Crippen molar-refractivity contribution < 1.29 is 9.53 Å². The number of benzene rings is 3. The molecule has 2 aliphatic heterocycles. The molecule has 1 amide bonds. The number of hydrogen-bond acceptors (Lipinski definition) is 3. The van der Waals surface area contributed by atoms with Crippen LogP contribution in [0.2, 0.25) is 0 Å². The Morgan fingerprint density at radius 3 is 2.36 bits per heavy atom. The Bertz CT molecular complexity index is 1650. The van der Waals surface area contributed by atoms with Gasteiger partial charge in [0.1, 0.15) is 5.76 Å². The van der Waals surface area contributed by atoms with Gasteiger partial charge in [-0.2, -0.15) is 0 Å². The zero-order chi connectivity index (χ0) is 30.5. The van der Waals surface area contributed by atoms with Crippen molar-refractivity contribution in [1.29, 1.82) is 0 Å². The summed E-state index contributed by atoms with van der Waals surface area (Å²) in [6.45, 7) is 8.87. The van der Waals surface area contributed by atoms with E-state index in [4.69, 9.17) is 16.3 Å². The molecular weight excluding hydrogens is 564 g/mol. The van der Waals surface area contributed by atoms with Crippen molar-refractivity contribution >= 4 is 35.2 Å². The summed E-state index contributed by atoms with van der Waals surface area (Å²) in [7, 11) is 0. The maximum atomic E-state index is 13.5. The highest BCUT2D eigenvalue weighted by atomic mass is 35.5. The van der Waals surface area contributed by atoms with Crippen LogP contribution in [-0.2, 0) is 9.53 Å². The fourth-order valence-corrected chi connectivity index (χ4v) is 6.66. The lowest BCUT2D eigenvalue weighted by atomic mass is 9.89. The Morgan fingerprint density at radius 2 is 1.70 bits per heavy atom. The molecule has 0 atom stereocenters. The van der Waals surface area contributed by atoms with E-state index in [9.17, 15) is 4.79 Å². The molecule has 1 aliphatic carbocycles. The Kier molecular flexibility index (Phi) is 9.14. The second-order valence-corrected chi connectivity index (χ2v) is 11.9. The van der Waals surface area contributed by atoms with Crippen molar-refractivity contribution in [2.75, 3.05) is 26.2 Å². The van der Waals surface area contributed by atoms with Gasteiger partial charge >= 0.3 is 0 Å². The summed E-state index contributed by atoms with van der Waals surface area (Å²) in [5.74, 6) is 1.22. The summed E-state index contributed by atoms with van der Waals surface area (Å²) in [6.07, 6.45) is 10.7. The summed E-state index contributed by atoms with van der Waals surface area (Å²) < 4.78 is 6.15. The van der Waals surface area contributed by atoms with E-state index >= 15 is 0 Å². The first-order valence-corrected chi connectivity index (χ1v) is 15.6. The molecule has 3 aliphatic rings. The van der Waals surface area contributed by atoms with Crippen molar-refractivity contribution in [3.05, 3.63) is 154 Å². The number of rotatable bonds is 8. The monoisotopic (exact) mass is 600 g/mol. The van der Waals surface area contributed by atoms with E-state index in [0.29, 0.717) is 36.9 Å². The van der Waals surface area contributed by atoms with E-state index in [2.05, 4.69) is 96.1 Å². The molecule has 2 saturated heterocycles. The molecule has 2 heterocycles. The maximum absolute atomic E-state index is 13.5. The predicted molar refractivity (Wildman–Crippen MR) is 180 cm³/mol. The van der Waals surface area contributed by atoms with Crippen LogP contribution in [0.1, 0.15) is 53.6 Å². The topological polar surface area (TPSA) is 32.8 Å². The van der Waals surface area contributed by atoms with Gasteiger partial charge in [0.05, 0.1) is 24.1 Å². The minimum absolute atomic E-state index is 0.0682. The molecule has 222 valence electrons. The number of halogens is 1. The van der Waals surface area contributed by atoms with Crippen LogP contribution in [0.4, 0.5) is 0 Å². The van der Waals surface area contributed by atoms with Gasteiger partial charge < -0.3 is 9.64 Å². The fraction of sp³-hybridized carbons (Fsp3) is 0.231. The second kappa shape index (κ2) is 13.5. The van der Waals surface area contributed by atoms with Gasteiger partial charge in [-0.3, -0.25) is 9.69 Å². The largest absolute Gasteiger partial charge is 0.497 e. The van der Waals surface area contributed by atoms with Crippen LogP contribution in [0.3, 0.4) is 0 Å². The van der Waals surface area contributed by atoms with Gasteiger partial charge in [0.2, 0.25) is 5.91 Å². The normalized spacial score (nSPS) is 19.0. The first-order valence-electron chi connectivity index (χ1n) is 15.3. The number of ether oxygens (including phenoxy) is 1. The lowest BCUT2D eigenvalue weighted by Crippen LogP contribution is -2.53. The minimum atomic E-state index is 0.0682. The fourth-order valence-electron chi connectivity index (χ4n) is 6.43. The lowest BCUT2D eigenvalue weighted by Gasteiger charge is -2.46. The molecule has 0 aromatic heterocycles. The lowest BCUT2D eigenvalue weighted by molar-refractivity contribution is -0.132. The highest BCUT2D eigenvalue weighted by Crippen LogP contribution is 2.36. The van der Waals surface area contributed by atoms with E-state index in [-0.39, 0.29) is 11.9 Å². The predicted octanol–water partition coefficient (Wildman–Crippen LogP) is 8.61. The highest BCUT2D eigenvalue weighted by molar-refractivity contribution is 6.31. The molecule has 5 heteroatoms. The number of carbonyl (C=O) groups is 1. The summed E-state index contributed by atoms with van der Waals surface area (Å²) in [5, 5.41) is 0.457. The maximum Gasteiger partial charge on any atom is 0.230 e. The van der Waals surface area contributed by atoms with Gasteiger partial charge in [-0.05, 0) is 46.9 Å². The van der Waals surface area contributed by atoms with E-state index < -0.39 is 0 Å². The van der Waals surface area contributed by atoms with Gasteiger partial charge in [0, 0.05) is 43.2 Å². The summed E-state index contributed by atoms with van der Waals surface area (Å²) in [5.41, 5.74) is 10.7. The van der Waals surface area contributed by atoms with Crippen molar-refractivity contribution in [2.45, 2.75) is 25.8 Å². The third kappa shape index (κ3) is 6.44. The number of carbonyl (C=O) groups excluding carboxylic acids is 1. The van der Waals surface area contributed by atoms with Crippen LogP contribution in [0.5, 0.6) is 0 Å². The Labute approximate surface area is 265 Å². The smallest absolute Gasteiger partial charge is 0.230 e. The van der Waals surface area contributed by atoms with Crippen LogP contribution in [0.15, 0.2) is 126 Å². The van der Waals surface area contributed by atoms with Gasteiger partial charge in [0.25, 0.3) is 0 Å². The number of hydrogen-bond donors (Lipinski definition) is 0. The average Bonchev–Trinajstić information content (AvgIpc) is 3.00. The first kappa shape index (κ1) is 29.7. The average molecular weight is 601 g/mol. The first-order chi connectivity index (χ1) is 21.5. The molecule has 6 rings (SSSR count). The van der Waals surface area contributed by atoms with Gasteiger partial charge in [-0.25, -0.2) is 0 Å². The molecule has 44 heavy (non-hydrogen) atoms. The molecule has 4 nitrogen and oxygen atoms in total. The second-order valence-electron chi connectivity index (χ2n) is 11.5. The van der Waals surface area contributed by atoms with Crippen LogP contribution < -0.4 is 0 Å². The molecule has 3 aromatic rings. The third-order valence-electron chi connectivity index (χ3n) is 8.46. The number of allylic oxidation sites excluding steroid dienone is 4. The minimum Gasteiger partial charge on any atom is -0.497 e. The van der Waals surface area contributed by atoms with E-state index in [1.165, 1.54) is 11.1 Å². The Morgan fingerprint density at radius 1 is 1.00 bits per heavy atom. The van der Waals surface area contributed by atoms with E-state index in [1.54, 1.807) is 0 Å². The molecule has 0 spiro atoms. The quantitative estimate of drug-likeness (QED) is 0.243. The molecule has 2 bridgehead atoms. The van der Waals surface area contributed by atoms with Gasteiger partial charge in [-0.15, -0.1) is 0 Å². The van der Waals surface area contributed by atoms with E-state index in [1.807, 2.05) is 42.2 Å². The number of likely N-dealkylation sites (tertiary alicyclic amines) is 1. The third-order valence-corrected chi connectivity index (χ3v) is 8.67. The Hall–Kier alpha value is -4.34. The molecule has 3 aromatic carbocycles. The summed E-state index contributed by atoms with van der Waals surface area (Å²) in [6, 6.07) is 27.7. The molecule has 2 fully saturated rings. The summed E-state index contributed by atoms with van der Waals surface area (Å²) >= 11 is 6.82. The van der Waals surface area contributed by atoms with Crippen molar-refractivity contribution in [3.63, 3.8) is 0 Å². The number of nitrogens with zero attached hydrogens (tertiary/aromatic N) is 2. The highest BCUT2D eigenvalue weighted by Gasteiger charge is 2.37. The molecule has 0 saturated carbocycles. The van der Waals surface area contributed by atoms with Crippen molar-refractivity contribution in [3.8, 4) is 0 Å². The van der Waals surface area contributed by atoms with Gasteiger partial charge in [0.15, 0.2) is 0 Å². The van der Waals surface area contributed by atoms with Crippen molar-refractivity contribution in [2.24, 2.45) is 5.92 Å². The molecule has 0 N–H and O–H groups in total. The number of fused-ring (bicyclic) bond motifs is 2. The molecular formula is C39H37ClN2O2. The van der Waals surface area contributed by atoms with E-state index in [0.717, 1.165) is 46.8 Å². The van der Waals surface area contributed by atoms with Gasteiger partial charge in [-0.1, -0.05) is 121 Å². The molecule has 0 radical (unpaired) electrons. The zero-order valence-corrected chi connectivity index (χ0v) is 25.8. The van der Waals surface area contributed by atoms with Crippen LogP contribution in [0, 0.1) is 5.92 Å². The Balaban J connectivity index is 1.27. The van der Waals surface area contributed by atoms with Crippen LogP contribution in [-0.4, -0.2) is 41.9 Å².